The summed E-state index contributed by atoms with van der Waals surface area (Å²) in [5, 5.41) is 11.1. The SMILES string of the molecule is Cc1ccc(C(O)c2ccc(Cl)cc2Br)c(C)c1. The molecule has 18 heavy (non-hydrogen) atoms. The van der Waals surface area contributed by atoms with Gasteiger partial charge in [-0.1, -0.05) is 57.4 Å². The van der Waals surface area contributed by atoms with E-state index in [1.807, 2.05) is 32.0 Å². The largest absolute Gasteiger partial charge is 0.384 e. The fraction of sp³-hybridized carbons (Fsp3) is 0.200. The van der Waals surface area contributed by atoms with E-state index in [-0.39, 0.29) is 0 Å². The number of aryl methyl sites for hydroxylation is 2. The van der Waals surface area contributed by atoms with Crippen molar-refractivity contribution >= 4 is 27.5 Å². The zero-order valence-corrected chi connectivity index (χ0v) is 12.6. The highest BCUT2D eigenvalue weighted by molar-refractivity contribution is 9.10. The van der Waals surface area contributed by atoms with Crippen LogP contribution >= 0.6 is 27.5 Å². The minimum atomic E-state index is -0.641. The fourth-order valence-corrected chi connectivity index (χ4v) is 2.92. The molecule has 2 aromatic rings. The molecule has 0 aliphatic rings. The maximum absolute atomic E-state index is 10.5. The smallest absolute Gasteiger partial charge is 0.105 e. The summed E-state index contributed by atoms with van der Waals surface area (Å²) in [6.45, 7) is 4.05. The molecule has 0 radical (unpaired) electrons. The van der Waals surface area contributed by atoms with Gasteiger partial charge in [0.15, 0.2) is 0 Å². The van der Waals surface area contributed by atoms with Crippen molar-refractivity contribution in [3.63, 3.8) is 0 Å². The van der Waals surface area contributed by atoms with Gasteiger partial charge < -0.3 is 5.11 Å². The minimum absolute atomic E-state index is 0.641. The van der Waals surface area contributed by atoms with Gasteiger partial charge in [-0.25, -0.2) is 0 Å². The molecule has 2 aromatic carbocycles. The first kappa shape index (κ1) is 13.6. The Bertz CT molecular complexity index is 529. The molecule has 0 spiro atoms. The summed E-state index contributed by atoms with van der Waals surface area (Å²) < 4.78 is 0.822. The molecular weight excluding hydrogens is 312 g/mol. The van der Waals surface area contributed by atoms with Crippen molar-refractivity contribution < 1.29 is 5.11 Å². The predicted octanol–water partition coefficient (Wildman–Crippen LogP) is 4.80. The molecule has 0 aliphatic carbocycles. The van der Waals surface area contributed by atoms with Crippen LogP contribution in [0, 0.1) is 13.8 Å². The second-order valence-corrected chi connectivity index (χ2v) is 5.72. The van der Waals surface area contributed by atoms with Crippen LogP contribution in [0.4, 0.5) is 0 Å². The minimum Gasteiger partial charge on any atom is -0.384 e. The monoisotopic (exact) mass is 324 g/mol. The van der Waals surface area contributed by atoms with E-state index in [9.17, 15) is 5.11 Å². The van der Waals surface area contributed by atoms with Crippen molar-refractivity contribution in [2.45, 2.75) is 20.0 Å². The Morgan fingerprint density at radius 1 is 1.06 bits per heavy atom. The van der Waals surface area contributed by atoms with Crippen LogP contribution in [0.5, 0.6) is 0 Å². The summed E-state index contributed by atoms with van der Waals surface area (Å²) >= 11 is 9.35. The molecule has 0 aliphatic heterocycles. The third-order valence-corrected chi connectivity index (χ3v) is 3.90. The molecule has 1 atom stereocenters. The number of hydrogen-bond donors (Lipinski definition) is 1. The molecular formula is C15H14BrClO. The highest BCUT2D eigenvalue weighted by Gasteiger charge is 2.15. The van der Waals surface area contributed by atoms with Crippen molar-refractivity contribution in [3.05, 3.63) is 68.1 Å². The van der Waals surface area contributed by atoms with Gasteiger partial charge >= 0.3 is 0 Å². The fourth-order valence-electron chi connectivity index (χ4n) is 2.02. The first-order valence-electron chi connectivity index (χ1n) is 5.69. The number of aliphatic hydroxyl groups is 1. The maximum Gasteiger partial charge on any atom is 0.105 e. The molecule has 0 bridgehead atoms. The van der Waals surface area contributed by atoms with E-state index < -0.39 is 6.10 Å². The van der Waals surface area contributed by atoms with Crippen molar-refractivity contribution in [2.24, 2.45) is 0 Å². The molecule has 0 fully saturated rings. The Balaban J connectivity index is 2.44. The van der Waals surface area contributed by atoms with Gasteiger partial charge in [-0.2, -0.15) is 0 Å². The summed E-state index contributed by atoms with van der Waals surface area (Å²) in [5.41, 5.74) is 4.03. The second kappa shape index (κ2) is 5.43. The standard InChI is InChI=1S/C15H14BrClO/c1-9-3-5-12(10(2)7-9)15(18)13-6-4-11(17)8-14(13)16/h3-8,15,18H,1-2H3. The van der Waals surface area contributed by atoms with Crippen LogP contribution in [0.2, 0.25) is 5.02 Å². The van der Waals surface area contributed by atoms with Gasteiger partial charge in [-0.05, 0) is 42.7 Å². The van der Waals surface area contributed by atoms with E-state index in [2.05, 4.69) is 22.0 Å². The third kappa shape index (κ3) is 2.77. The summed E-state index contributed by atoms with van der Waals surface area (Å²) in [7, 11) is 0. The van der Waals surface area contributed by atoms with E-state index in [4.69, 9.17) is 11.6 Å². The van der Waals surface area contributed by atoms with E-state index >= 15 is 0 Å². The maximum atomic E-state index is 10.5. The Kier molecular flexibility index (Phi) is 4.10. The zero-order chi connectivity index (χ0) is 13.3. The van der Waals surface area contributed by atoms with Crippen molar-refractivity contribution in [3.8, 4) is 0 Å². The second-order valence-electron chi connectivity index (χ2n) is 4.43. The number of benzene rings is 2. The lowest BCUT2D eigenvalue weighted by molar-refractivity contribution is 0.219. The number of halogens is 2. The van der Waals surface area contributed by atoms with Crippen LogP contribution < -0.4 is 0 Å². The average molecular weight is 326 g/mol. The lowest BCUT2D eigenvalue weighted by atomic mass is 9.96. The van der Waals surface area contributed by atoms with E-state index in [1.54, 1.807) is 12.1 Å². The molecule has 1 unspecified atom stereocenters. The summed E-state index contributed by atoms with van der Waals surface area (Å²) in [6, 6.07) is 11.5. The summed E-state index contributed by atoms with van der Waals surface area (Å²) in [4.78, 5) is 0. The molecule has 0 saturated heterocycles. The lowest BCUT2D eigenvalue weighted by Gasteiger charge is -2.16. The van der Waals surface area contributed by atoms with Gasteiger partial charge in [0.2, 0.25) is 0 Å². The first-order chi connectivity index (χ1) is 8.49. The van der Waals surface area contributed by atoms with Crippen LogP contribution in [0.15, 0.2) is 40.9 Å². The zero-order valence-electron chi connectivity index (χ0n) is 10.2. The number of hydrogen-bond acceptors (Lipinski definition) is 1. The van der Waals surface area contributed by atoms with Crippen LogP contribution in [0.3, 0.4) is 0 Å². The Morgan fingerprint density at radius 3 is 2.33 bits per heavy atom. The molecule has 0 saturated carbocycles. The number of aliphatic hydroxyl groups excluding tert-OH is 1. The molecule has 1 N–H and O–H groups in total. The Morgan fingerprint density at radius 2 is 1.72 bits per heavy atom. The predicted molar refractivity (Wildman–Crippen MR) is 79.1 cm³/mol. The topological polar surface area (TPSA) is 20.2 Å². The Labute approximate surface area is 121 Å². The van der Waals surface area contributed by atoms with Crippen LogP contribution in [-0.2, 0) is 0 Å². The summed E-state index contributed by atoms with van der Waals surface area (Å²) in [6.07, 6.45) is -0.641. The van der Waals surface area contributed by atoms with Crippen LogP contribution in [0.1, 0.15) is 28.4 Å². The molecule has 2 rings (SSSR count). The van der Waals surface area contributed by atoms with Gasteiger partial charge in [0, 0.05) is 9.50 Å². The van der Waals surface area contributed by atoms with Crippen molar-refractivity contribution in [2.75, 3.05) is 0 Å². The van der Waals surface area contributed by atoms with Gasteiger partial charge in [0.1, 0.15) is 6.10 Å². The highest BCUT2D eigenvalue weighted by Crippen LogP contribution is 2.32. The molecule has 3 heteroatoms. The van der Waals surface area contributed by atoms with E-state index in [0.29, 0.717) is 5.02 Å². The molecule has 0 aromatic heterocycles. The third-order valence-electron chi connectivity index (χ3n) is 2.98. The quantitative estimate of drug-likeness (QED) is 0.841. The first-order valence-corrected chi connectivity index (χ1v) is 6.86. The van der Waals surface area contributed by atoms with Crippen molar-refractivity contribution in [1.82, 2.24) is 0 Å². The van der Waals surface area contributed by atoms with Crippen molar-refractivity contribution in [1.29, 1.82) is 0 Å². The Hall–Kier alpha value is -0.830. The van der Waals surface area contributed by atoms with Crippen LogP contribution in [0.25, 0.3) is 0 Å². The van der Waals surface area contributed by atoms with Gasteiger partial charge in [-0.15, -0.1) is 0 Å². The lowest BCUT2D eigenvalue weighted by Crippen LogP contribution is -2.03. The molecule has 0 heterocycles. The molecule has 1 nitrogen and oxygen atoms in total. The van der Waals surface area contributed by atoms with Gasteiger partial charge in [0.05, 0.1) is 0 Å². The van der Waals surface area contributed by atoms with E-state index in [0.717, 1.165) is 21.2 Å². The molecule has 94 valence electrons. The summed E-state index contributed by atoms with van der Waals surface area (Å²) in [5.74, 6) is 0. The highest BCUT2D eigenvalue weighted by atomic mass is 79.9. The van der Waals surface area contributed by atoms with E-state index in [1.165, 1.54) is 5.56 Å². The average Bonchev–Trinajstić information content (AvgIpc) is 2.28. The van der Waals surface area contributed by atoms with Gasteiger partial charge in [0.25, 0.3) is 0 Å². The number of rotatable bonds is 2. The molecule has 0 amide bonds. The normalized spacial score (nSPS) is 12.5. The van der Waals surface area contributed by atoms with Crippen LogP contribution in [-0.4, -0.2) is 5.11 Å². The van der Waals surface area contributed by atoms with Gasteiger partial charge in [-0.3, -0.25) is 0 Å².